The van der Waals surface area contributed by atoms with E-state index in [1.54, 1.807) is 0 Å². The average Bonchev–Trinajstić information content (AvgIpc) is 2.59. The van der Waals surface area contributed by atoms with Crippen molar-refractivity contribution in [3.63, 3.8) is 0 Å². The topological polar surface area (TPSA) is 54.3 Å². The number of guanidine groups is 1. The number of piperidine rings is 1. The third-order valence-electron chi connectivity index (χ3n) is 5.08. The molecule has 0 radical (unpaired) electrons. The Morgan fingerprint density at radius 3 is 2.31 bits per heavy atom. The molecule has 0 unspecified atom stereocenters. The van der Waals surface area contributed by atoms with E-state index in [9.17, 15) is 5.11 Å². The maximum Gasteiger partial charge on any atom is 0.194 e. The number of aliphatic hydroxyl groups is 1. The van der Waals surface area contributed by atoms with Gasteiger partial charge in [-0.05, 0) is 38.6 Å². The standard InChI is InChI=1S/C19H39N5O.HI/c1-4-20-19(24-14-12-23(13-15-24)16-17(2)3)21-8-5-9-22-10-6-18(25)7-11-22;/h17-18,25H,4-16H2,1-3H3,(H,20,21);1H. The van der Waals surface area contributed by atoms with E-state index in [0.29, 0.717) is 0 Å². The molecule has 26 heavy (non-hydrogen) atoms. The smallest absolute Gasteiger partial charge is 0.194 e. The highest BCUT2D eigenvalue weighted by Gasteiger charge is 2.20. The summed E-state index contributed by atoms with van der Waals surface area (Å²) in [4.78, 5) is 12.3. The van der Waals surface area contributed by atoms with Crippen LogP contribution in [0.3, 0.4) is 0 Å². The molecule has 2 heterocycles. The van der Waals surface area contributed by atoms with Gasteiger partial charge in [0.2, 0.25) is 0 Å². The molecule has 0 spiro atoms. The molecule has 2 aliphatic rings. The Kier molecular flexibility index (Phi) is 12.1. The van der Waals surface area contributed by atoms with Crippen molar-refractivity contribution >= 4 is 29.9 Å². The second-order valence-corrected chi connectivity index (χ2v) is 7.84. The molecule has 0 amide bonds. The zero-order valence-electron chi connectivity index (χ0n) is 17.0. The number of aliphatic hydroxyl groups excluding tert-OH is 1. The Bertz CT molecular complexity index is 391. The number of piperazine rings is 1. The summed E-state index contributed by atoms with van der Waals surface area (Å²) in [7, 11) is 0. The number of nitrogens with one attached hydrogen (secondary N) is 1. The van der Waals surface area contributed by atoms with Gasteiger partial charge >= 0.3 is 0 Å². The zero-order valence-corrected chi connectivity index (χ0v) is 19.3. The minimum absolute atomic E-state index is 0. The summed E-state index contributed by atoms with van der Waals surface area (Å²) in [5.74, 6) is 1.82. The highest BCUT2D eigenvalue weighted by Crippen LogP contribution is 2.10. The highest BCUT2D eigenvalue weighted by molar-refractivity contribution is 14.0. The van der Waals surface area contributed by atoms with E-state index in [4.69, 9.17) is 4.99 Å². The van der Waals surface area contributed by atoms with Crippen LogP contribution in [0.4, 0.5) is 0 Å². The van der Waals surface area contributed by atoms with E-state index < -0.39 is 0 Å². The summed E-state index contributed by atoms with van der Waals surface area (Å²) >= 11 is 0. The van der Waals surface area contributed by atoms with Crippen LogP contribution in [0, 0.1) is 5.92 Å². The van der Waals surface area contributed by atoms with Crippen molar-refractivity contribution in [2.75, 3.05) is 65.4 Å². The number of nitrogens with zero attached hydrogens (tertiary/aromatic N) is 4. The lowest BCUT2D eigenvalue weighted by atomic mass is 10.1. The van der Waals surface area contributed by atoms with E-state index in [0.717, 1.165) is 90.0 Å². The molecule has 0 atom stereocenters. The minimum atomic E-state index is -0.0796. The lowest BCUT2D eigenvalue weighted by molar-refractivity contribution is 0.0824. The molecule has 0 aliphatic carbocycles. The van der Waals surface area contributed by atoms with Crippen LogP contribution in [-0.2, 0) is 0 Å². The second kappa shape index (κ2) is 13.1. The van der Waals surface area contributed by atoms with Gasteiger partial charge in [-0.1, -0.05) is 13.8 Å². The van der Waals surface area contributed by atoms with Crippen molar-refractivity contribution in [1.29, 1.82) is 0 Å². The Labute approximate surface area is 177 Å². The quantitative estimate of drug-likeness (QED) is 0.251. The Morgan fingerprint density at radius 1 is 1.08 bits per heavy atom. The molecule has 2 saturated heterocycles. The summed E-state index contributed by atoms with van der Waals surface area (Å²) in [6.07, 6.45) is 2.86. The van der Waals surface area contributed by atoms with Crippen molar-refractivity contribution in [1.82, 2.24) is 20.0 Å². The molecule has 2 aliphatic heterocycles. The van der Waals surface area contributed by atoms with E-state index in [2.05, 4.69) is 40.8 Å². The van der Waals surface area contributed by atoms with Crippen molar-refractivity contribution in [2.45, 2.75) is 46.1 Å². The minimum Gasteiger partial charge on any atom is -0.393 e. The van der Waals surface area contributed by atoms with Gasteiger partial charge in [-0.2, -0.15) is 0 Å². The van der Waals surface area contributed by atoms with E-state index >= 15 is 0 Å². The number of rotatable bonds is 7. The lowest BCUT2D eigenvalue weighted by Crippen LogP contribution is -2.53. The first-order chi connectivity index (χ1) is 12.1. The van der Waals surface area contributed by atoms with Gasteiger partial charge in [0.15, 0.2) is 5.96 Å². The molecule has 2 fully saturated rings. The van der Waals surface area contributed by atoms with Crippen LogP contribution in [-0.4, -0.2) is 97.3 Å². The fourth-order valence-corrected chi connectivity index (χ4v) is 3.71. The van der Waals surface area contributed by atoms with Gasteiger partial charge in [0, 0.05) is 58.9 Å². The SMILES string of the molecule is CCNC(=NCCCN1CCC(O)CC1)N1CCN(CC(C)C)CC1.I. The first-order valence-electron chi connectivity index (χ1n) is 10.2. The Morgan fingerprint density at radius 2 is 1.73 bits per heavy atom. The highest BCUT2D eigenvalue weighted by atomic mass is 127. The molecule has 0 aromatic rings. The number of hydrogen-bond acceptors (Lipinski definition) is 4. The number of halogens is 1. The van der Waals surface area contributed by atoms with Crippen LogP contribution in [0.2, 0.25) is 0 Å². The first kappa shape index (κ1) is 23.9. The number of hydrogen-bond donors (Lipinski definition) is 2. The van der Waals surface area contributed by atoms with Crippen LogP contribution in [0.1, 0.15) is 40.0 Å². The Hall–Kier alpha value is -0.120. The van der Waals surface area contributed by atoms with E-state index in [-0.39, 0.29) is 30.1 Å². The average molecular weight is 481 g/mol. The molecule has 0 saturated carbocycles. The van der Waals surface area contributed by atoms with Crippen LogP contribution >= 0.6 is 24.0 Å². The van der Waals surface area contributed by atoms with Gasteiger partial charge in [-0.25, -0.2) is 0 Å². The molecule has 2 rings (SSSR count). The summed E-state index contributed by atoms with van der Waals surface area (Å²) in [5, 5.41) is 13.0. The fraction of sp³-hybridized carbons (Fsp3) is 0.947. The summed E-state index contributed by atoms with van der Waals surface area (Å²) in [6, 6.07) is 0. The van der Waals surface area contributed by atoms with Crippen molar-refractivity contribution < 1.29 is 5.11 Å². The van der Waals surface area contributed by atoms with Gasteiger partial charge < -0.3 is 20.2 Å². The van der Waals surface area contributed by atoms with Crippen LogP contribution in [0.5, 0.6) is 0 Å². The molecule has 6 nitrogen and oxygen atoms in total. The van der Waals surface area contributed by atoms with Crippen molar-refractivity contribution in [2.24, 2.45) is 10.9 Å². The molecular formula is C19H40IN5O. The molecule has 2 N–H and O–H groups in total. The molecular weight excluding hydrogens is 441 g/mol. The fourth-order valence-electron chi connectivity index (χ4n) is 3.71. The molecule has 0 bridgehead atoms. The third kappa shape index (κ3) is 8.71. The maximum atomic E-state index is 9.58. The van der Waals surface area contributed by atoms with Crippen LogP contribution < -0.4 is 5.32 Å². The van der Waals surface area contributed by atoms with Gasteiger partial charge in [-0.15, -0.1) is 24.0 Å². The van der Waals surface area contributed by atoms with Crippen LogP contribution in [0.15, 0.2) is 4.99 Å². The molecule has 154 valence electrons. The number of aliphatic imine (C=N–C) groups is 1. The summed E-state index contributed by atoms with van der Waals surface area (Å²) < 4.78 is 0. The largest absolute Gasteiger partial charge is 0.393 e. The Balaban J connectivity index is 0.00000338. The van der Waals surface area contributed by atoms with E-state index in [1.165, 1.54) is 6.54 Å². The van der Waals surface area contributed by atoms with Crippen molar-refractivity contribution in [3.8, 4) is 0 Å². The maximum absolute atomic E-state index is 9.58. The normalized spacial score (nSPS) is 21.1. The zero-order chi connectivity index (χ0) is 18.1. The summed E-state index contributed by atoms with van der Waals surface area (Å²) in [6.45, 7) is 17.3. The lowest BCUT2D eigenvalue weighted by Gasteiger charge is -2.37. The van der Waals surface area contributed by atoms with Crippen LogP contribution in [0.25, 0.3) is 0 Å². The van der Waals surface area contributed by atoms with E-state index in [1.807, 2.05) is 0 Å². The predicted molar refractivity (Wildman–Crippen MR) is 121 cm³/mol. The van der Waals surface area contributed by atoms with Gasteiger partial charge in [0.25, 0.3) is 0 Å². The molecule has 0 aromatic heterocycles. The van der Waals surface area contributed by atoms with Crippen molar-refractivity contribution in [3.05, 3.63) is 0 Å². The monoisotopic (exact) mass is 481 g/mol. The van der Waals surface area contributed by atoms with Gasteiger partial charge in [0.05, 0.1) is 6.10 Å². The molecule has 0 aromatic carbocycles. The summed E-state index contributed by atoms with van der Waals surface area (Å²) in [5.41, 5.74) is 0. The first-order valence-corrected chi connectivity index (χ1v) is 10.2. The van der Waals surface area contributed by atoms with Gasteiger partial charge in [0.1, 0.15) is 0 Å². The predicted octanol–water partition coefficient (Wildman–Crippen LogP) is 1.69. The number of likely N-dealkylation sites (tertiary alicyclic amines) is 1. The third-order valence-corrected chi connectivity index (χ3v) is 5.08. The van der Waals surface area contributed by atoms with Gasteiger partial charge in [-0.3, -0.25) is 9.89 Å². The molecule has 7 heteroatoms. The second-order valence-electron chi connectivity index (χ2n) is 7.84.